The van der Waals surface area contributed by atoms with E-state index in [1.54, 1.807) is 0 Å². The van der Waals surface area contributed by atoms with Gasteiger partial charge >= 0.3 is 6.61 Å². The number of sulfonamides is 1. The van der Waals surface area contributed by atoms with E-state index >= 15 is 0 Å². The molecule has 9 heteroatoms. The van der Waals surface area contributed by atoms with Crippen molar-refractivity contribution in [2.24, 2.45) is 0 Å². The van der Waals surface area contributed by atoms with Gasteiger partial charge in [0.25, 0.3) is 10.0 Å². The van der Waals surface area contributed by atoms with Crippen LogP contribution in [0.5, 0.6) is 5.75 Å². The molecular formula is C13H9ClF3NO3S. The van der Waals surface area contributed by atoms with E-state index in [9.17, 15) is 21.6 Å². The van der Waals surface area contributed by atoms with Crippen LogP contribution in [0.3, 0.4) is 0 Å². The fourth-order valence-electron chi connectivity index (χ4n) is 1.61. The Kier molecular flexibility index (Phi) is 4.82. The molecule has 0 aliphatic carbocycles. The number of halogens is 4. The van der Waals surface area contributed by atoms with Gasteiger partial charge in [-0.2, -0.15) is 8.78 Å². The molecule has 0 atom stereocenters. The van der Waals surface area contributed by atoms with Crippen LogP contribution in [0, 0.1) is 5.82 Å². The third-order valence-electron chi connectivity index (χ3n) is 2.52. The smallest absolute Gasteiger partial charge is 0.387 e. The lowest BCUT2D eigenvalue weighted by molar-refractivity contribution is -0.0498. The van der Waals surface area contributed by atoms with Gasteiger partial charge in [-0.3, -0.25) is 4.72 Å². The molecule has 0 spiro atoms. The zero-order valence-electron chi connectivity index (χ0n) is 10.8. The van der Waals surface area contributed by atoms with Gasteiger partial charge in [-0.25, -0.2) is 12.8 Å². The minimum atomic E-state index is -4.17. The zero-order valence-corrected chi connectivity index (χ0v) is 12.3. The fourth-order valence-corrected chi connectivity index (χ4v) is 2.89. The molecule has 0 saturated heterocycles. The third-order valence-corrected chi connectivity index (χ3v) is 4.16. The number of anilines is 1. The molecule has 0 aliphatic heterocycles. The SMILES string of the molecule is O=S(=O)(Nc1ccc(OC(F)F)cc1)c1ccc(Cl)cc1F. The lowest BCUT2D eigenvalue weighted by atomic mass is 10.3. The van der Waals surface area contributed by atoms with Gasteiger partial charge in [0, 0.05) is 10.7 Å². The van der Waals surface area contributed by atoms with Crippen molar-refractivity contribution in [3.63, 3.8) is 0 Å². The normalized spacial score (nSPS) is 11.5. The minimum Gasteiger partial charge on any atom is -0.435 e. The van der Waals surface area contributed by atoms with Crippen LogP contribution < -0.4 is 9.46 Å². The van der Waals surface area contributed by atoms with Crippen molar-refractivity contribution in [1.29, 1.82) is 0 Å². The zero-order chi connectivity index (χ0) is 16.3. The van der Waals surface area contributed by atoms with E-state index in [0.29, 0.717) is 0 Å². The quantitative estimate of drug-likeness (QED) is 0.889. The summed E-state index contributed by atoms with van der Waals surface area (Å²) in [6.07, 6.45) is 0. The molecule has 0 unspecified atom stereocenters. The second kappa shape index (κ2) is 6.45. The number of benzene rings is 2. The van der Waals surface area contributed by atoms with E-state index in [1.165, 1.54) is 18.2 Å². The standard InChI is InChI=1S/C13H9ClF3NO3S/c14-8-1-6-12(11(15)7-8)22(19,20)18-9-2-4-10(5-3-9)21-13(16)17/h1-7,13,18H. The number of hydrogen-bond acceptors (Lipinski definition) is 3. The Balaban J connectivity index is 2.21. The van der Waals surface area contributed by atoms with Crippen LogP contribution in [0.2, 0.25) is 5.02 Å². The number of nitrogens with one attached hydrogen (secondary N) is 1. The summed E-state index contributed by atoms with van der Waals surface area (Å²) in [4.78, 5) is -0.579. The summed E-state index contributed by atoms with van der Waals surface area (Å²) < 4.78 is 68.0. The second-order valence-electron chi connectivity index (χ2n) is 4.08. The fraction of sp³-hybridized carbons (Fsp3) is 0.0769. The molecule has 0 aliphatic rings. The average Bonchev–Trinajstić information content (AvgIpc) is 2.39. The van der Waals surface area contributed by atoms with Gasteiger partial charge in [0.1, 0.15) is 16.5 Å². The molecule has 2 aromatic carbocycles. The molecule has 0 aromatic heterocycles. The van der Waals surface area contributed by atoms with Gasteiger partial charge < -0.3 is 4.74 Å². The second-order valence-corrected chi connectivity index (χ2v) is 6.17. The predicted octanol–water partition coefficient (Wildman–Crippen LogP) is 3.88. The molecule has 0 radical (unpaired) electrons. The van der Waals surface area contributed by atoms with E-state index in [-0.39, 0.29) is 16.5 Å². The Labute approximate surface area is 129 Å². The molecule has 0 amide bonds. The van der Waals surface area contributed by atoms with Crippen molar-refractivity contribution in [3.05, 3.63) is 53.3 Å². The maximum Gasteiger partial charge on any atom is 0.387 e. The monoisotopic (exact) mass is 351 g/mol. The Morgan fingerprint density at radius 3 is 2.27 bits per heavy atom. The van der Waals surface area contributed by atoms with Crippen LogP contribution in [-0.2, 0) is 10.0 Å². The molecule has 22 heavy (non-hydrogen) atoms. The van der Waals surface area contributed by atoms with Crippen molar-refractivity contribution >= 4 is 27.3 Å². The van der Waals surface area contributed by atoms with Gasteiger partial charge in [-0.1, -0.05) is 11.6 Å². The molecular weight excluding hydrogens is 343 g/mol. The summed E-state index contributed by atoms with van der Waals surface area (Å²) in [5.41, 5.74) is 0.0657. The largest absolute Gasteiger partial charge is 0.435 e. The molecule has 0 fully saturated rings. The maximum absolute atomic E-state index is 13.6. The van der Waals surface area contributed by atoms with Gasteiger partial charge in [0.15, 0.2) is 0 Å². The number of hydrogen-bond donors (Lipinski definition) is 1. The Morgan fingerprint density at radius 1 is 1.09 bits per heavy atom. The summed E-state index contributed by atoms with van der Waals surface area (Å²) in [6, 6.07) is 7.86. The van der Waals surface area contributed by atoms with Crippen LogP contribution >= 0.6 is 11.6 Å². The lowest BCUT2D eigenvalue weighted by Crippen LogP contribution is -2.14. The van der Waals surface area contributed by atoms with Crippen molar-refractivity contribution in [2.75, 3.05) is 4.72 Å². The topological polar surface area (TPSA) is 55.4 Å². The van der Waals surface area contributed by atoms with E-state index in [0.717, 1.165) is 24.3 Å². The van der Waals surface area contributed by atoms with Gasteiger partial charge in [-0.15, -0.1) is 0 Å². The number of alkyl halides is 2. The van der Waals surface area contributed by atoms with Crippen LogP contribution in [0.1, 0.15) is 0 Å². The predicted molar refractivity (Wildman–Crippen MR) is 75.3 cm³/mol. The highest BCUT2D eigenvalue weighted by Gasteiger charge is 2.19. The van der Waals surface area contributed by atoms with E-state index < -0.39 is 27.3 Å². The highest BCUT2D eigenvalue weighted by Crippen LogP contribution is 2.23. The molecule has 2 aromatic rings. The first-order valence-electron chi connectivity index (χ1n) is 5.81. The van der Waals surface area contributed by atoms with E-state index in [4.69, 9.17) is 11.6 Å². The third kappa shape index (κ3) is 4.05. The van der Waals surface area contributed by atoms with Gasteiger partial charge in [0.05, 0.1) is 0 Å². The average molecular weight is 352 g/mol. The first-order valence-corrected chi connectivity index (χ1v) is 7.67. The Morgan fingerprint density at radius 2 is 1.73 bits per heavy atom. The van der Waals surface area contributed by atoms with E-state index in [1.807, 2.05) is 0 Å². The van der Waals surface area contributed by atoms with Crippen LogP contribution in [0.15, 0.2) is 47.4 Å². The van der Waals surface area contributed by atoms with Crippen molar-refractivity contribution in [1.82, 2.24) is 0 Å². The maximum atomic E-state index is 13.6. The Bertz CT molecular complexity index is 767. The molecule has 2 rings (SSSR count). The molecule has 0 bridgehead atoms. The highest BCUT2D eigenvalue weighted by atomic mass is 35.5. The number of ether oxygens (including phenoxy) is 1. The molecule has 1 N–H and O–H groups in total. The van der Waals surface area contributed by atoms with Crippen molar-refractivity contribution in [2.45, 2.75) is 11.5 Å². The summed E-state index contributed by atoms with van der Waals surface area (Å²) in [5.74, 6) is -1.13. The van der Waals surface area contributed by atoms with Crippen LogP contribution in [0.4, 0.5) is 18.9 Å². The summed E-state index contributed by atoms with van der Waals surface area (Å²) in [7, 11) is -4.17. The summed E-state index contributed by atoms with van der Waals surface area (Å²) in [6.45, 7) is -2.98. The van der Waals surface area contributed by atoms with Gasteiger partial charge in [0.2, 0.25) is 0 Å². The molecule has 0 heterocycles. The van der Waals surface area contributed by atoms with Crippen molar-refractivity contribution < 1.29 is 26.3 Å². The van der Waals surface area contributed by atoms with Gasteiger partial charge in [-0.05, 0) is 42.5 Å². The Hall–Kier alpha value is -1.93. The molecule has 118 valence electrons. The molecule has 4 nitrogen and oxygen atoms in total. The summed E-state index contributed by atoms with van der Waals surface area (Å²) >= 11 is 5.56. The summed E-state index contributed by atoms with van der Waals surface area (Å²) in [5, 5.41) is 0.0601. The van der Waals surface area contributed by atoms with Crippen molar-refractivity contribution in [3.8, 4) is 5.75 Å². The van der Waals surface area contributed by atoms with Crippen LogP contribution in [-0.4, -0.2) is 15.0 Å². The van der Waals surface area contributed by atoms with E-state index in [2.05, 4.69) is 9.46 Å². The lowest BCUT2D eigenvalue weighted by Gasteiger charge is -2.10. The molecule has 0 saturated carbocycles. The first-order chi connectivity index (χ1) is 10.3. The number of rotatable bonds is 5. The van der Waals surface area contributed by atoms with Crippen LogP contribution in [0.25, 0.3) is 0 Å². The minimum absolute atomic E-state index is 0.0601. The first kappa shape index (κ1) is 16.4. The highest BCUT2D eigenvalue weighted by molar-refractivity contribution is 7.92.